The summed E-state index contributed by atoms with van der Waals surface area (Å²) >= 11 is 1.60. The average molecular weight is 381 g/mol. The maximum Gasteiger partial charge on any atom is 0.229 e. The van der Waals surface area contributed by atoms with Crippen LogP contribution in [-0.4, -0.2) is 29.0 Å². The Labute approximate surface area is 163 Å². The second kappa shape index (κ2) is 7.64. The summed E-state index contributed by atoms with van der Waals surface area (Å²) in [5, 5.41) is 4.17. The van der Waals surface area contributed by atoms with Crippen LogP contribution in [0.5, 0.6) is 0 Å². The molecule has 27 heavy (non-hydrogen) atoms. The molecular weight excluding hydrogens is 356 g/mol. The first-order chi connectivity index (χ1) is 13.2. The van der Waals surface area contributed by atoms with Gasteiger partial charge in [0.1, 0.15) is 10.3 Å². The van der Waals surface area contributed by atoms with Crippen LogP contribution in [0.3, 0.4) is 0 Å². The monoisotopic (exact) mass is 380 g/mol. The maximum absolute atomic E-state index is 13.0. The molecule has 0 aliphatic carbocycles. The van der Waals surface area contributed by atoms with E-state index < -0.39 is 0 Å². The maximum atomic E-state index is 13.0. The molecule has 0 radical (unpaired) electrons. The molecule has 1 saturated heterocycles. The van der Waals surface area contributed by atoms with E-state index in [1.54, 1.807) is 17.5 Å². The van der Waals surface area contributed by atoms with E-state index in [2.05, 4.69) is 41.2 Å². The Morgan fingerprint density at radius 3 is 3.04 bits per heavy atom. The molecule has 3 heterocycles. The van der Waals surface area contributed by atoms with Crippen molar-refractivity contribution in [1.29, 1.82) is 0 Å². The highest BCUT2D eigenvalue weighted by Gasteiger charge is 2.28. The number of carbonyl (C=O) groups is 1. The molecule has 3 aromatic rings. The van der Waals surface area contributed by atoms with Gasteiger partial charge in [0.25, 0.3) is 0 Å². The molecule has 0 unspecified atom stereocenters. The minimum Gasteiger partial charge on any atom is -0.347 e. The number of anilines is 2. The van der Waals surface area contributed by atoms with E-state index >= 15 is 0 Å². The Balaban J connectivity index is 1.50. The lowest BCUT2D eigenvalue weighted by Crippen LogP contribution is -2.40. The van der Waals surface area contributed by atoms with Crippen molar-refractivity contribution in [2.75, 3.05) is 23.3 Å². The molecule has 0 spiro atoms. The fourth-order valence-corrected chi connectivity index (χ4v) is 4.63. The number of pyridine rings is 1. The minimum absolute atomic E-state index is 0.0250. The van der Waals surface area contributed by atoms with Crippen molar-refractivity contribution in [2.24, 2.45) is 5.92 Å². The molecule has 1 aliphatic heterocycles. The molecular formula is C21H24N4OS. The summed E-state index contributed by atoms with van der Waals surface area (Å²) in [6.45, 7) is 5.82. The Kier molecular flexibility index (Phi) is 5.07. The van der Waals surface area contributed by atoms with Crippen LogP contribution < -0.4 is 10.2 Å². The van der Waals surface area contributed by atoms with Gasteiger partial charge in [0, 0.05) is 25.0 Å². The number of hydrogen-bond donors (Lipinski definition) is 1. The van der Waals surface area contributed by atoms with Crippen molar-refractivity contribution in [2.45, 2.75) is 33.1 Å². The fourth-order valence-electron chi connectivity index (χ4n) is 3.69. The normalized spacial score (nSPS) is 17.3. The van der Waals surface area contributed by atoms with Crippen LogP contribution in [0.1, 0.15) is 30.9 Å². The molecule has 6 heteroatoms. The van der Waals surface area contributed by atoms with E-state index in [1.807, 2.05) is 18.2 Å². The molecule has 2 aromatic heterocycles. The molecule has 1 fully saturated rings. The molecule has 0 saturated carbocycles. The number of nitrogens with one attached hydrogen (secondary N) is 1. The number of piperidine rings is 1. The van der Waals surface area contributed by atoms with Crippen LogP contribution in [0.25, 0.3) is 10.3 Å². The molecule has 140 valence electrons. The van der Waals surface area contributed by atoms with Crippen LogP contribution in [0.4, 0.5) is 10.8 Å². The van der Waals surface area contributed by atoms with Gasteiger partial charge in [-0.25, -0.2) is 9.97 Å². The molecule has 5 nitrogen and oxygen atoms in total. The average Bonchev–Trinajstić information content (AvgIpc) is 3.14. The highest BCUT2D eigenvalue weighted by atomic mass is 32.1. The van der Waals surface area contributed by atoms with Crippen LogP contribution in [-0.2, 0) is 11.2 Å². The summed E-state index contributed by atoms with van der Waals surface area (Å²) in [6, 6.07) is 10.1. The van der Waals surface area contributed by atoms with Gasteiger partial charge in [0.2, 0.25) is 5.91 Å². The van der Waals surface area contributed by atoms with Crippen LogP contribution in [0.15, 0.2) is 36.5 Å². The zero-order chi connectivity index (χ0) is 18.8. The third-order valence-electron chi connectivity index (χ3n) is 5.21. The number of benzene rings is 1. The largest absolute Gasteiger partial charge is 0.347 e. The summed E-state index contributed by atoms with van der Waals surface area (Å²) in [6.07, 6.45) is 4.62. The lowest BCUT2D eigenvalue weighted by atomic mass is 9.96. The zero-order valence-corrected chi connectivity index (χ0v) is 16.6. The smallest absolute Gasteiger partial charge is 0.229 e. The van der Waals surface area contributed by atoms with Crippen molar-refractivity contribution in [3.8, 4) is 0 Å². The fraction of sp³-hybridized carbons (Fsp3) is 0.381. The topological polar surface area (TPSA) is 58.1 Å². The zero-order valence-electron chi connectivity index (χ0n) is 15.7. The first-order valence-corrected chi connectivity index (χ1v) is 10.3. The quantitative estimate of drug-likeness (QED) is 0.728. The number of aromatic nitrogens is 2. The standard InChI is InChI=1S/C21H24N4OS/c1-3-15-8-4-7-14(2)18(15)24-19(26)16-9-6-12-25(13-16)21-23-17-10-5-11-22-20(17)27-21/h4-5,7-8,10-11,16H,3,6,9,12-13H2,1-2H3,(H,24,26)/t16-/m0/s1. The predicted octanol–water partition coefficient (Wildman–Crippen LogP) is 4.42. The van der Waals surface area contributed by atoms with Gasteiger partial charge < -0.3 is 10.2 Å². The third kappa shape index (κ3) is 3.67. The van der Waals surface area contributed by atoms with E-state index in [9.17, 15) is 4.79 Å². The summed E-state index contributed by atoms with van der Waals surface area (Å²) in [5.74, 6) is 0.0889. The summed E-state index contributed by atoms with van der Waals surface area (Å²) in [4.78, 5) is 25.2. The molecule has 1 aromatic carbocycles. The van der Waals surface area contributed by atoms with Crippen molar-refractivity contribution >= 4 is 38.4 Å². The second-order valence-electron chi connectivity index (χ2n) is 7.06. The first kappa shape index (κ1) is 17.9. The molecule has 4 rings (SSSR count). The van der Waals surface area contributed by atoms with E-state index in [1.165, 1.54) is 5.56 Å². The van der Waals surface area contributed by atoms with E-state index in [0.717, 1.165) is 52.5 Å². The number of thiazole rings is 1. The number of nitrogens with zero attached hydrogens (tertiary/aromatic N) is 3. The van der Waals surface area contributed by atoms with E-state index in [0.29, 0.717) is 6.54 Å². The molecule has 1 atom stereocenters. The van der Waals surface area contributed by atoms with Gasteiger partial charge in [-0.2, -0.15) is 0 Å². The number of para-hydroxylation sites is 1. The Morgan fingerprint density at radius 2 is 2.22 bits per heavy atom. The van der Waals surface area contributed by atoms with Gasteiger partial charge in [-0.05, 0) is 49.4 Å². The van der Waals surface area contributed by atoms with Crippen molar-refractivity contribution in [1.82, 2.24) is 9.97 Å². The summed E-state index contributed by atoms with van der Waals surface area (Å²) < 4.78 is 0. The lowest BCUT2D eigenvalue weighted by molar-refractivity contribution is -0.120. The van der Waals surface area contributed by atoms with Gasteiger partial charge >= 0.3 is 0 Å². The predicted molar refractivity (Wildman–Crippen MR) is 112 cm³/mol. The number of rotatable bonds is 4. The lowest BCUT2D eigenvalue weighted by Gasteiger charge is -2.32. The Hall–Kier alpha value is -2.47. The first-order valence-electron chi connectivity index (χ1n) is 9.51. The molecule has 0 bridgehead atoms. The highest BCUT2D eigenvalue weighted by molar-refractivity contribution is 7.21. The highest BCUT2D eigenvalue weighted by Crippen LogP contribution is 2.31. The van der Waals surface area contributed by atoms with Crippen LogP contribution in [0, 0.1) is 12.8 Å². The number of fused-ring (bicyclic) bond motifs is 1. The van der Waals surface area contributed by atoms with E-state index in [-0.39, 0.29) is 11.8 Å². The minimum atomic E-state index is -0.0250. The molecule has 1 amide bonds. The Morgan fingerprint density at radius 1 is 1.33 bits per heavy atom. The van der Waals surface area contributed by atoms with Crippen molar-refractivity contribution in [3.05, 3.63) is 47.7 Å². The summed E-state index contributed by atoms with van der Waals surface area (Å²) in [5.41, 5.74) is 4.21. The van der Waals surface area contributed by atoms with Gasteiger partial charge in [0.05, 0.1) is 5.92 Å². The van der Waals surface area contributed by atoms with Gasteiger partial charge in [0.15, 0.2) is 5.13 Å². The third-order valence-corrected chi connectivity index (χ3v) is 6.25. The number of carbonyl (C=O) groups excluding carboxylic acids is 1. The van der Waals surface area contributed by atoms with Gasteiger partial charge in [-0.1, -0.05) is 36.5 Å². The molecule has 1 N–H and O–H groups in total. The van der Waals surface area contributed by atoms with Crippen molar-refractivity contribution < 1.29 is 4.79 Å². The van der Waals surface area contributed by atoms with Crippen LogP contribution >= 0.6 is 11.3 Å². The second-order valence-corrected chi connectivity index (χ2v) is 8.02. The number of amides is 1. The SMILES string of the molecule is CCc1cccc(C)c1NC(=O)[C@H]1CCCN(c2nc3cccnc3s2)C1. The summed E-state index contributed by atoms with van der Waals surface area (Å²) in [7, 11) is 0. The van der Waals surface area contributed by atoms with Crippen molar-refractivity contribution in [3.63, 3.8) is 0 Å². The van der Waals surface area contributed by atoms with Gasteiger partial charge in [-0.3, -0.25) is 4.79 Å². The Bertz CT molecular complexity index is 935. The van der Waals surface area contributed by atoms with Gasteiger partial charge in [-0.15, -0.1) is 0 Å². The number of aryl methyl sites for hydroxylation is 2. The van der Waals surface area contributed by atoms with Crippen LogP contribution in [0.2, 0.25) is 0 Å². The number of hydrogen-bond acceptors (Lipinski definition) is 5. The van der Waals surface area contributed by atoms with E-state index in [4.69, 9.17) is 4.98 Å². The molecule has 1 aliphatic rings.